The highest BCUT2D eigenvalue weighted by atomic mass is 16.5. The van der Waals surface area contributed by atoms with Gasteiger partial charge in [-0.15, -0.1) is 0 Å². The van der Waals surface area contributed by atoms with Gasteiger partial charge in [-0.2, -0.15) is 5.10 Å². The Morgan fingerprint density at radius 2 is 1.95 bits per heavy atom. The second kappa shape index (κ2) is 9.87. The van der Waals surface area contributed by atoms with Gasteiger partial charge in [-0.05, 0) is 49.4 Å². The molecule has 1 aliphatic carbocycles. The van der Waals surface area contributed by atoms with E-state index in [0.717, 1.165) is 90.3 Å². The van der Waals surface area contributed by atoms with E-state index in [-0.39, 0.29) is 5.91 Å². The average molecular weight is 523 g/mol. The first-order valence-electron chi connectivity index (χ1n) is 13.5. The predicted molar refractivity (Wildman–Crippen MR) is 147 cm³/mol. The summed E-state index contributed by atoms with van der Waals surface area (Å²) in [6.07, 6.45) is 8.45. The van der Waals surface area contributed by atoms with Crippen molar-refractivity contribution >= 4 is 27.8 Å². The van der Waals surface area contributed by atoms with Crippen LogP contribution in [0.1, 0.15) is 39.4 Å². The number of nitrogens with zero attached hydrogens (tertiary/aromatic N) is 5. The normalized spacial score (nSPS) is 17.9. The Hall–Kier alpha value is -4.15. The third kappa shape index (κ3) is 4.45. The summed E-state index contributed by atoms with van der Waals surface area (Å²) in [4.78, 5) is 32.5. The van der Waals surface area contributed by atoms with Crippen LogP contribution in [0.2, 0.25) is 0 Å². The molecule has 1 fully saturated rings. The molecule has 1 saturated heterocycles. The number of rotatable bonds is 5. The van der Waals surface area contributed by atoms with Gasteiger partial charge in [-0.1, -0.05) is 12.1 Å². The van der Waals surface area contributed by atoms with E-state index in [1.165, 1.54) is 11.1 Å². The zero-order chi connectivity index (χ0) is 26.3. The van der Waals surface area contributed by atoms with Crippen LogP contribution in [0.15, 0.2) is 42.9 Å². The van der Waals surface area contributed by atoms with Gasteiger partial charge in [-0.3, -0.25) is 14.8 Å². The van der Waals surface area contributed by atoms with Crippen LogP contribution in [0, 0.1) is 6.92 Å². The van der Waals surface area contributed by atoms with Crippen molar-refractivity contribution in [3.8, 4) is 11.3 Å². The molecule has 0 bridgehead atoms. The lowest BCUT2D eigenvalue weighted by Gasteiger charge is -2.38. The number of aryl methyl sites for hydroxylation is 2. The Balaban J connectivity index is 1.24. The molecule has 3 N–H and O–H groups in total. The highest BCUT2D eigenvalue weighted by molar-refractivity contribution is 6.06. The van der Waals surface area contributed by atoms with Crippen LogP contribution in [-0.4, -0.2) is 73.3 Å². The molecule has 1 aromatic carbocycles. The molecule has 39 heavy (non-hydrogen) atoms. The van der Waals surface area contributed by atoms with Gasteiger partial charge >= 0.3 is 0 Å². The Kier molecular flexibility index (Phi) is 6.05. The molecule has 5 aromatic rings. The summed E-state index contributed by atoms with van der Waals surface area (Å²) in [6, 6.07) is 8.20. The maximum absolute atomic E-state index is 12.8. The second-order valence-electron chi connectivity index (χ2n) is 10.4. The number of aromatic amines is 2. The molecule has 1 amide bonds. The summed E-state index contributed by atoms with van der Waals surface area (Å²) in [6.45, 7) is 5.80. The van der Waals surface area contributed by atoms with Gasteiger partial charge in [-0.25, -0.2) is 15.0 Å². The molecule has 4 aromatic heterocycles. The standard InChI is InChI=1S/C29H30N8O2/c1-17-13-30-25(34-17)16-32-29(38)19-4-2-18(3-5-19)27-22-12-20(37-8-10-39-11-9-37)6-7-21(22)26-23-14-33-36-28(23)31-15-24(26)35-27/h2-5,13-15,20H,6-12,16H2,1H3,(H,30,34)(H,32,38)(H,31,33,36). The largest absolute Gasteiger partial charge is 0.379 e. The Morgan fingerprint density at radius 1 is 1.10 bits per heavy atom. The number of amides is 1. The number of nitrogens with one attached hydrogen (secondary N) is 3. The zero-order valence-electron chi connectivity index (χ0n) is 21.8. The van der Waals surface area contributed by atoms with E-state index in [9.17, 15) is 4.79 Å². The van der Waals surface area contributed by atoms with Gasteiger partial charge in [0.1, 0.15) is 5.82 Å². The van der Waals surface area contributed by atoms with Crippen LogP contribution in [-0.2, 0) is 24.1 Å². The topological polar surface area (TPSA) is 125 Å². The zero-order valence-corrected chi connectivity index (χ0v) is 21.8. The third-order valence-corrected chi connectivity index (χ3v) is 7.97. The van der Waals surface area contributed by atoms with Crippen molar-refractivity contribution in [1.29, 1.82) is 0 Å². The molecule has 0 radical (unpaired) electrons. The molecule has 0 spiro atoms. The summed E-state index contributed by atoms with van der Waals surface area (Å²) in [5.74, 6) is 0.600. The summed E-state index contributed by atoms with van der Waals surface area (Å²) in [5.41, 5.74) is 7.82. The first-order valence-corrected chi connectivity index (χ1v) is 13.5. The molecular weight excluding hydrogens is 492 g/mol. The van der Waals surface area contributed by atoms with E-state index in [1.54, 1.807) is 6.20 Å². The first-order chi connectivity index (χ1) is 19.1. The van der Waals surface area contributed by atoms with Crippen LogP contribution in [0.3, 0.4) is 0 Å². The van der Waals surface area contributed by atoms with E-state index >= 15 is 0 Å². The fourth-order valence-corrected chi connectivity index (χ4v) is 6.01. The average Bonchev–Trinajstić information content (AvgIpc) is 3.64. The molecule has 10 nitrogen and oxygen atoms in total. The van der Waals surface area contributed by atoms with Crippen molar-refractivity contribution in [2.45, 2.75) is 38.8 Å². The number of hydrogen-bond donors (Lipinski definition) is 3. The highest BCUT2D eigenvalue weighted by Crippen LogP contribution is 2.38. The van der Waals surface area contributed by atoms with E-state index in [0.29, 0.717) is 18.2 Å². The molecular formula is C29H30N8O2. The molecule has 5 heterocycles. The van der Waals surface area contributed by atoms with Crippen LogP contribution >= 0.6 is 0 Å². The van der Waals surface area contributed by atoms with Crippen molar-refractivity contribution < 1.29 is 9.53 Å². The number of carbonyl (C=O) groups excluding carboxylic acids is 1. The lowest BCUT2D eigenvalue weighted by atomic mass is 9.82. The third-order valence-electron chi connectivity index (χ3n) is 7.97. The lowest BCUT2D eigenvalue weighted by molar-refractivity contribution is 0.0138. The number of pyridine rings is 2. The molecule has 1 unspecified atom stereocenters. The van der Waals surface area contributed by atoms with E-state index in [4.69, 9.17) is 9.72 Å². The number of fused-ring (bicyclic) bond motifs is 5. The van der Waals surface area contributed by atoms with Crippen molar-refractivity contribution in [1.82, 2.24) is 40.3 Å². The fraction of sp³-hybridized carbons (Fsp3) is 0.345. The van der Waals surface area contributed by atoms with Crippen LogP contribution in [0.5, 0.6) is 0 Å². The maximum Gasteiger partial charge on any atom is 0.251 e. The molecule has 1 aliphatic heterocycles. The summed E-state index contributed by atoms with van der Waals surface area (Å²) < 4.78 is 5.61. The SMILES string of the molecule is Cc1cnc(CNC(=O)c2ccc(-c3nc4cnc5[nH]ncc5c4c4c3CC(N3CCOCC3)CC4)cc2)[nH]1. The van der Waals surface area contributed by atoms with Gasteiger partial charge < -0.3 is 15.0 Å². The Bertz CT molecular complexity index is 1670. The number of benzene rings is 1. The quantitative estimate of drug-likeness (QED) is 0.323. The summed E-state index contributed by atoms with van der Waals surface area (Å²) in [5, 5.41) is 12.4. The Morgan fingerprint density at radius 3 is 2.74 bits per heavy atom. The van der Waals surface area contributed by atoms with Gasteiger partial charge in [0.2, 0.25) is 0 Å². The van der Waals surface area contributed by atoms with E-state index in [2.05, 4.69) is 35.4 Å². The van der Waals surface area contributed by atoms with Crippen molar-refractivity contribution in [3.05, 3.63) is 71.1 Å². The van der Waals surface area contributed by atoms with Gasteiger partial charge in [0, 0.05) is 52.9 Å². The minimum atomic E-state index is -0.136. The number of aromatic nitrogens is 6. The monoisotopic (exact) mass is 522 g/mol. The van der Waals surface area contributed by atoms with Crippen LogP contribution in [0.4, 0.5) is 0 Å². The number of H-pyrrole nitrogens is 2. The fourth-order valence-electron chi connectivity index (χ4n) is 6.01. The molecule has 198 valence electrons. The van der Waals surface area contributed by atoms with Gasteiger partial charge in [0.15, 0.2) is 5.65 Å². The van der Waals surface area contributed by atoms with E-state index in [1.807, 2.05) is 43.6 Å². The van der Waals surface area contributed by atoms with Crippen LogP contribution in [0.25, 0.3) is 33.2 Å². The minimum Gasteiger partial charge on any atom is -0.379 e. The second-order valence-corrected chi connectivity index (χ2v) is 10.4. The van der Waals surface area contributed by atoms with Crippen LogP contribution < -0.4 is 5.32 Å². The lowest BCUT2D eigenvalue weighted by Crippen LogP contribution is -2.46. The summed E-state index contributed by atoms with van der Waals surface area (Å²) >= 11 is 0. The maximum atomic E-state index is 12.8. The van der Waals surface area contributed by atoms with Gasteiger partial charge in [0.05, 0.1) is 43.4 Å². The van der Waals surface area contributed by atoms with Crippen molar-refractivity contribution in [2.24, 2.45) is 0 Å². The number of hydrogen-bond acceptors (Lipinski definition) is 7. The van der Waals surface area contributed by atoms with E-state index < -0.39 is 0 Å². The van der Waals surface area contributed by atoms with Gasteiger partial charge in [0.25, 0.3) is 5.91 Å². The number of morpholine rings is 1. The molecule has 2 aliphatic rings. The Labute approximate surface area is 225 Å². The smallest absolute Gasteiger partial charge is 0.251 e. The number of ether oxygens (including phenoxy) is 1. The molecule has 1 atom stereocenters. The number of carbonyl (C=O) groups is 1. The summed E-state index contributed by atoms with van der Waals surface area (Å²) in [7, 11) is 0. The number of imidazole rings is 1. The molecule has 0 saturated carbocycles. The first kappa shape index (κ1) is 23.9. The minimum absolute atomic E-state index is 0.136. The molecule has 10 heteroatoms. The van der Waals surface area contributed by atoms with Crippen molar-refractivity contribution in [3.63, 3.8) is 0 Å². The predicted octanol–water partition coefficient (Wildman–Crippen LogP) is 3.32. The van der Waals surface area contributed by atoms with Crippen molar-refractivity contribution in [2.75, 3.05) is 26.3 Å². The highest BCUT2D eigenvalue weighted by Gasteiger charge is 2.30. The molecule has 7 rings (SSSR count).